The molecule has 0 bridgehead atoms. The Labute approximate surface area is 134 Å². The second kappa shape index (κ2) is 6.48. The first-order chi connectivity index (χ1) is 9.51. The van der Waals surface area contributed by atoms with E-state index in [1.165, 1.54) is 7.11 Å². The molecule has 0 saturated carbocycles. The number of esters is 1. The summed E-state index contributed by atoms with van der Waals surface area (Å²) in [5.41, 5.74) is 0.307. The lowest BCUT2D eigenvalue weighted by Gasteiger charge is -2.11. The van der Waals surface area contributed by atoms with E-state index in [1.54, 1.807) is 36.4 Å². The smallest absolute Gasteiger partial charge is 0.341 e. The van der Waals surface area contributed by atoms with E-state index in [9.17, 15) is 4.79 Å². The van der Waals surface area contributed by atoms with Gasteiger partial charge >= 0.3 is 5.97 Å². The first-order valence-electron chi connectivity index (χ1n) is 5.52. The summed E-state index contributed by atoms with van der Waals surface area (Å²) in [5.74, 6) is 0.257. The van der Waals surface area contributed by atoms with Crippen molar-refractivity contribution in [3.63, 3.8) is 0 Å². The molecule has 0 aliphatic rings. The van der Waals surface area contributed by atoms with Crippen LogP contribution in [0, 0.1) is 0 Å². The molecule has 0 spiro atoms. The summed E-state index contributed by atoms with van der Waals surface area (Å²) in [6, 6.07) is 9.84. The molecule has 0 atom stereocenters. The zero-order valence-corrected chi connectivity index (χ0v) is 13.4. The van der Waals surface area contributed by atoms with Crippen molar-refractivity contribution in [1.82, 2.24) is 0 Å². The fourth-order valence-electron chi connectivity index (χ4n) is 1.54. The second-order valence-corrected chi connectivity index (χ2v) is 5.57. The molecule has 104 valence electrons. The van der Waals surface area contributed by atoms with Crippen molar-refractivity contribution in [1.29, 1.82) is 0 Å². The molecule has 0 radical (unpaired) electrons. The fourth-order valence-corrected chi connectivity index (χ4v) is 2.32. The van der Waals surface area contributed by atoms with Gasteiger partial charge in [-0.1, -0.05) is 39.1 Å². The van der Waals surface area contributed by atoms with Crippen molar-refractivity contribution in [2.24, 2.45) is 0 Å². The van der Waals surface area contributed by atoms with Gasteiger partial charge < -0.3 is 9.47 Å². The Morgan fingerprint density at radius 3 is 2.50 bits per heavy atom. The predicted molar refractivity (Wildman–Crippen MR) is 82.0 cm³/mol. The minimum Gasteiger partial charge on any atom is -0.465 e. The molecule has 0 fully saturated rings. The van der Waals surface area contributed by atoms with Crippen molar-refractivity contribution in [3.05, 3.63) is 56.5 Å². The largest absolute Gasteiger partial charge is 0.465 e. The van der Waals surface area contributed by atoms with Crippen LogP contribution in [0.4, 0.5) is 0 Å². The third kappa shape index (κ3) is 3.45. The summed E-state index contributed by atoms with van der Waals surface area (Å²) < 4.78 is 11.2. The predicted octanol–water partition coefficient (Wildman–Crippen LogP) is 5.33. The fraction of sp³-hybridized carbons (Fsp3) is 0.0714. The van der Waals surface area contributed by atoms with Crippen molar-refractivity contribution >= 4 is 45.1 Å². The Kier molecular flexibility index (Phi) is 4.91. The summed E-state index contributed by atoms with van der Waals surface area (Å²) in [4.78, 5) is 11.7. The van der Waals surface area contributed by atoms with Crippen LogP contribution >= 0.6 is 39.1 Å². The Hall–Kier alpha value is -1.23. The molecule has 6 heteroatoms. The highest BCUT2D eigenvalue weighted by molar-refractivity contribution is 9.10. The zero-order valence-electron chi connectivity index (χ0n) is 10.3. The number of benzene rings is 2. The van der Waals surface area contributed by atoms with E-state index in [4.69, 9.17) is 32.7 Å². The molecular weight excluding hydrogens is 367 g/mol. The molecular formula is C14H9BrCl2O3. The molecule has 2 aromatic carbocycles. The average Bonchev–Trinajstić information content (AvgIpc) is 2.41. The van der Waals surface area contributed by atoms with Crippen LogP contribution in [0.25, 0.3) is 0 Å². The molecule has 0 aliphatic carbocycles. The molecule has 0 aromatic heterocycles. The van der Waals surface area contributed by atoms with E-state index >= 15 is 0 Å². The van der Waals surface area contributed by atoms with Gasteiger partial charge in [0.05, 0.1) is 12.1 Å². The van der Waals surface area contributed by atoms with Crippen LogP contribution in [-0.2, 0) is 4.74 Å². The number of ether oxygens (including phenoxy) is 2. The lowest BCUT2D eigenvalue weighted by atomic mass is 10.2. The van der Waals surface area contributed by atoms with E-state index in [1.807, 2.05) is 0 Å². The minimum absolute atomic E-state index is 0.307. The Bertz CT molecular complexity index is 659. The highest BCUT2D eigenvalue weighted by Gasteiger charge is 2.15. The van der Waals surface area contributed by atoms with Crippen LogP contribution in [-0.4, -0.2) is 13.1 Å². The molecule has 0 aliphatic heterocycles. The van der Waals surface area contributed by atoms with E-state index in [0.717, 1.165) is 4.47 Å². The van der Waals surface area contributed by atoms with Gasteiger partial charge in [-0.3, -0.25) is 0 Å². The Morgan fingerprint density at radius 2 is 1.85 bits per heavy atom. The van der Waals surface area contributed by atoms with Gasteiger partial charge in [-0.15, -0.1) is 0 Å². The van der Waals surface area contributed by atoms with Gasteiger partial charge in [-0.05, 0) is 36.4 Å². The number of halogens is 3. The lowest BCUT2D eigenvalue weighted by molar-refractivity contribution is 0.0598. The lowest BCUT2D eigenvalue weighted by Crippen LogP contribution is -2.03. The topological polar surface area (TPSA) is 35.5 Å². The molecule has 20 heavy (non-hydrogen) atoms. The molecule has 0 amide bonds. The van der Waals surface area contributed by atoms with Gasteiger partial charge in [0.1, 0.15) is 17.1 Å². The Balaban J connectivity index is 2.41. The summed E-state index contributed by atoms with van der Waals surface area (Å²) in [5, 5.41) is 0.859. The van der Waals surface area contributed by atoms with E-state index in [0.29, 0.717) is 27.1 Å². The van der Waals surface area contributed by atoms with Crippen LogP contribution in [0.3, 0.4) is 0 Å². The second-order valence-electron chi connectivity index (χ2n) is 3.81. The quantitative estimate of drug-likeness (QED) is 0.679. The third-order valence-electron chi connectivity index (χ3n) is 2.46. The minimum atomic E-state index is -0.488. The van der Waals surface area contributed by atoms with E-state index < -0.39 is 5.97 Å². The van der Waals surface area contributed by atoms with Crippen LogP contribution in [0.1, 0.15) is 10.4 Å². The molecule has 0 saturated heterocycles. The van der Waals surface area contributed by atoms with Crippen molar-refractivity contribution in [2.75, 3.05) is 7.11 Å². The number of carbonyl (C=O) groups is 1. The van der Waals surface area contributed by atoms with Crippen molar-refractivity contribution in [2.45, 2.75) is 0 Å². The standard InChI is InChI=1S/C14H9BrCl2O3/c1-19-14(18)10-4-2-8(15)6-13(10)20-12-5-3-9(16)7-11(12)17/h2-7H,1H3. The van der Waals surface area contributed by atoms with Gasteiger partial charge in [0, 0.05) is 9.50 Å². The molecule has 2 aromatic rings. The van der Waals surface area contributed by atoms with Crippen LogP contribution < -0.4 is 4.74 Å². The molecule has 2 rings (SSSR count). The zero-order chi connectivity index (χ0) is 14.7. The van der Waals surface area contributed by atoms with Crippen molar-refractivity contribution in [3.8, 4) is 11.5 Å². The van der Waals surface area contributed by atoms with Crippen molar-refractivity contribution < 1.29 is 14.3 Å². The van der Waals surface area contributed by atoms with E-state index in [2.05, 4.69) is 15.9 Å². The summed E-state index contributed by atoms with van der Waals surface area (Å²) in [6.07, 6.45) is 0. The number of hydrogen-bond acceptors (Lipinski definition) is 3. The number of rotatable bonds is 3. The van der Waals surface area contributed by atoms with Crippen LogP contribution in [0.2, 0.25) is 10.0 Å². The maximum atomic E-state index is 11.7. The van der Waals surface area contributed by atoms with Gasteiger partial charge in [0.2, 0.25) is 0 Å². The van der Waals surface area contributed by atoms with Crippen LogP contribution in [0.15, 0.2) is 40.9 Å². The SMILES string of the molecule is COC(=O)c1ccc(Br)cc1Oc1ccc(Cl)cc1Cl. The van der Waals surface area contributed by atoms with Gasteiger partial charge in [0.25, 0.3) is 0 Å². The van der Waals surface area contributed by atoms with E-state index in [-0.39, 0.29) is 0 Å². The third-order valence-corrected chi connectivity index (χ3v) is 3.49. The monoisotopic (exact) mass is 374 g/mol. The number of hydrogen-bond donors (Lipinski definition) is 0. The van der Waals surface area contributed by atoms with Crippen LogP contribution in [0.5, 0.6) is 11.5 Å². The van der Waals surface area contributed by atoms with Gasteiger partial charge in [0.15, 0.2) is 0 Å². The first-order valence-corrected chi connectivity index (χ1v) is 7.07. The van der Waals surface area contributed by atoms with Gasteiger partial charge in [-0.2, -0.15) is 0 Å². The van der Waals surface area contributed by atoms with Gasteiger partial charge in [-0.25, -0.2) is 4.79 Å². The number of methoxy groups -OCH3 is 1. The molecule has 0 N–H and O–H groups in total. The molecule has 0 unspecified atom stereocenters. The highest BCUT2D eigenvalue weighted by atomic mass is 79.9. The maximum absolute atomic E-state index is 11.7. The first kappa shape index (κ1) is 15.2. The maximum Gasteiger partial charge on any atom is 0.341 e. The summed E-state index contributed by atoms with van der Waals surface area (Å²) in [6.45, 7) is 0. The number of carbonyl (C=O) groups excluding carboxylic acids is 1. The normalized spacial score (nSPS) is 10.2. The Morgan fingerprint density at radius 1 is 1.10 bits per heavy atom. The average molecular weight is 376 g/mol. The summed E-state index contributed by atoms with van der Waals surface area (Å²) >= 11 is 15.2. The molecule has 3 nitrogen and oxygen atoms in total. The summed E-state index contributed by atoms with van der Waals surface area (Å²) in [7, 11) is 1.31. The highest BCUT2D eigenvalue weighted by Crippen LogP contribution is 2.34. The molecule has 0 heterocycles.